The van der Waals surface area contributed by atoms with Crippen LogP contribution in [-0.4, -0.2) is 18.0 Å². The molecular weight excluding hydrogens is 325 g/mol. The highest BCUT2D eigenvalue weighted by molar-refractivity contribution is 5.86. The average molecular weight is 340 g/mol. The number of nitrogens with zero attached hydrogens (tertiary/aromatic N) is 1. The predicted octanol–water partition coefficient (Wildman–Crippen LogP) is 1.70. The maximum Gasteiger partial charge on any atom is 0.417 e. The Kier molecular flexibility index (Phi) is 5.22. The molecule has 0 radical (unpaired) electrons. The number of hydrazine groups is 1. The molecule has 2 rings (SSSR count). The summed E-state index contributed by atoms with van der Waals surface area (Å²) >= 11 is 0. The molecule has 1 aliphatic rings. The summed E-state index contributed by atoms with van der Waals surface area (Å²) in [5, 5.41) is 3.54. The first kappa shape index (κ1) is 17.5. The third kappa shape index (κ3) is 4.34. The molecule has 0 bridgehead atoms. The Hall–Kier alpha value is -2.84. The standard InChI is InChI=1S/C15H15F3N4O2/c1-9-11(14(24)22-20-9)6-7-13(23)21-19-8-10-4-2-3-5-12(10)15(16,17)18/h2-5,8,11,20H,1,6-7H2,(H,21,23)(H,22,24). The zero-order chi connectivity index (χ0) is 17.7. The Morgan fingerprint density at radius 3 is 2.67 bits per heavy atom. The van der Waals surface area contributed by atoms with Crippen molar-refractivity contribution in [3.8, 4) is 0 Å². The molecule has 1 atom stereocenters. The van der Waals surface area contributed by atoms with Crippen molar-refractivity contribution < 1.29 is 22.8 Å². The van der Waals surface area contributed by atoms with Gasteiger partial charge in [0.15, 0.2) is 0 Å². The number of alkyl halides is 3. The minimum atomic E-state index is -4.50. The van der Waals surface area contributed by atoms with E-state index in [0.29, 0.717) is 5.70 Å². The van der Waals surface area contributed by atoms with Gasteiger partial charge in [0.1, 0.15) is 0 Å². The van der Waals surface area contributed by atoms with E-state index in [-0.39, 0.29) is 24.3 Å². The Morgan fingerprint density at radius 1 is 1.33 bits per heavy atom. The molecule has 0 aliphatic carbocycles. The third-order valence-corrected chi connectivity index (χ3v) is 3.40. The molecule has 1 aromatic rings. The molecule has 1 saturated heterocycles. The Morgan fingerprint density at radius 2 is 2.04 bits per heavy atom. The van der Waals surface area contributed by atoms with Crippen LogP contribution >= 0.6 is 0 Å². The summed E-state index contributed by atoms with van der Waals surface area (Å²) in [5.74, 6) is -1.32. The van der Waals surface area contributed by atoms with Crippen LogP contribution in [0.15, 0.2) is 41.6 Å². The topological polar surface area (TPSA) is 82.6 Å². The first-order chi connectivity index (χ1) is 11.3. The molecule has 1 aliphatic heterocycles. The number of hydrazone groups is 1. The zero-order valence-corrected chi connectivity index (χ0v) is 12.5. The minimum absolute atomic E-state index is 0.0168. The van der Waals surface area contributed by atoms with E-state index >= 15 is 0 Å². The molecule has 2 amide bonds. The van der Waals surface area contributed by atoms with E-state index < -0.39 is 23.6 Å². The third-order valence-electron chi connectivity index (χ3n) is 3.40. The van der Waals surface area contributed by atoms with Crippen molar-refractivity contribution in [2.45, 2.75) is 19.0 Å². The van der Waals surface area contributed by atoms with Gasteiger partial charge in [0.05, 0.1) is 17.7 Å². The van der Waals surface area contributed by atoms with Gasteiger partial charge in [-0.1, -0.05) is 24.8 Å². The molecule has 6 nitrogen and oxygen atoms in total. The van der Waals surface area contributed by atoms with E-state index in [1.165, 1.54) is 18.2 Å². The van der Waals surface area contributed by atoms with Crippen molar-refractivity contribution >= 4 is 18.0 Å². The summed E-state index contributed by atoms with van der Waals surface area (Å²) in [5.41, 5.74) is 6.56. The van der Waals surface area contributed by atoms with Gasteiger partial charge in [-0.05, 0) is 12.5 Å². The lowest BCUT2D eigenvalue weighted by Gasteiger charge is -2.09. The van der Waals surface area contributed by atoms with Gasteiger partial charge >= 0.3 is 6.18 Å². The number of rotatable bonds is 5. The van der Waals surface area contributed by atoms with Crippen LogP contribution < -0.4 is 16.3 Å². The monoisotopic (exact) mass is 340 g/mol. The Balaban J connectivity index is 1.89. The van der Waals surface area contributed by atoms with Gasteiger partial charge in [-0.15, -0.1) is 0 Å². The molecule has 1 fully saturated rings. The van der Waals surface area contributed by atoms with Crippen LogP contribution in [0.1, 0.15) is 24.0 Å². The lowest BCUT2D eigenvalue weighted by atomic mass is 10.0. The molecule has 0 spiro atoms. The van der Waals surface area contributed by atoms with E-state index in [1.807, 2.05) is 0 Å². The van der Waals surface area contributed by atoms with Gasteiger partial charge in [0.25, 0.3) is 0 Å². The van der Waals surface area contributed by atoms with Crippen LogP contribution in [0, 0.1) is 5.92 Å². The van der Waals surface area contributed by atoms with Crippen molar-refractivity contribution in [3.63, 3.8) is 0 Å². The molecule has 1 unspecified atom stereocenters. The van der Waals surface area contributed by atoms with Crippen LogP contribution in [0.5, 0.6) is 0 Å². The highest BCUT2D eigenvalue weighted by atomic mass is 19.4. The fourth-order valence-electron chi connectivity index (χ4n) is 2.15. The highest BCUT2D eigenvalue weighted by Gasteiger charge is 2.32. The lowest BCUT2D eigenvalue weighted by molar-refractivity contribution is -0.137. The van der Waals surface area contributed by atoms with Gasteiger partial charge in [-0.25, -0.2) is 5.43 Å². The smallest absolute Gasteiger partial charge is 0.303 e. The second-order valence-corrected chi connectivity index (χ2v) is 5.11. The van der Waals surface area contributed by atoms with Crippen LogP contribution in [0.2, 0.25) is 0 Å². The molecular formula is C15H15F3N4O2. The Labute approximate surface area is 135 Å². The second kappa shape index (κ2) is 7.16. The summed E-state index contributed by atoms with van der Waals surface area (Å²) in [4.78, 5) is 23.1. The van der Waals surface area contributed by atoms with Crippen molar-refractivity contribution in [1.82, 2.24) is 16.3 Å². The van der Waals surface area contributed by atoms with Crippen LogP contribution in [-0.2, 0) is 15.8 Å². The van der Waals surface area contributed by atoms with Gasteiger partial charge in [-0.2, -0.15) is 18.3 Å². The van der Waals surface area contributed by atoms with Gasteiger partial charge in [-0.3, -0.25) is 15.0 Å². The van der Waals surface area contributed by atoms with Crippen molar-refractivity contribution in [1.29, 1.82) is 0 Å². The van der Waals surface area contributed by atoms with Gasteiger partial charge < -0.3 is 5.43 Å². The largest absolute Gasteiger partial charge is 0.417 e. The summed E-state index contributed by atoms with van der Waals surface area (Å²) < 4.78 is 38.4. The van der Waals surface area contributed by atoms with Crippen LogP contribution in [0.25, 0.3) is 0 Å². The molecule has 1 aromatic carbocycles. The number of hydrogen-bond donors (Lipinski definition) is 3. The molecule has 24 heavy (non-hydrogen) atoms. The zero-order valence-electron chi connectivity index (χ0n) is 12.5. The van der Waals surface area contributed by atoms with E-state index in [4.69, 9.17) is 0 Å². The molecule has 0 saturated carbocycles. The minimum Gasteiger partial charge on any atom is -0.303 e. The number of carbonyl (C=O) groups is 2. The van der Waals surface area contributed by atoms with Crippen molar-refractivity contribution in [3.05, 3.63) is 47.7 Å². The highest BCUT2D eigenvalue weighted by Crippen LogP contribution is 2.31. The predicted molar refractivity (Wildman–Crippen MR) is 80.3 cm³/mol. The molecule has 9 heteroatoms. The number of carbonyl (C=O) groups excluding carboxylic acids is 2. The summed E-state index contributed by atoms with van der Waals surface area (Å²) in [6, 6.07) is 4.89. The number of amides is 2. The summed E-state index contributed by atoms with van der Waals surface area (Å²) in [7, 11) is 0. The Bertz CT molecular complexity index is 670. The number of halogens is 3. The number of hydrogen-bond acceptors (Lipinski definition) is 4. The van der Waals surface area contributed by atoms with Crippen LogP contribution in [0.4, 0.5) is 13.2 Å². The maximum absolute atomic E-state index is 12.8. The van der Waals surface area contributed by atoms with E-state index in [9.17, 15) is 22.8 Å². The SMILES string of the molecule is C=C1NNC(=O)C1CCC(=O)NN=Cc1ccccc1C(F)(F)F. The fourth-order valence-corrected chi connectivity index (χ4v) is 2.15. The lowest BCUT2D eigenvalue weighted by Crippen LogP contribution is -2.26. The summed E-state index contributed by atoms with van der Waals surface area (Å²) in [6.45, 7) is 3.64. The quantitative estimate of drug-likeness (QED) is 0.564. The van der Waals surface area contributed by atoms with E-state index in [2.05, 4.69) is 28.0 Å². The molecule has 1 heterocycles. The molecule has 128 valence electrons. The average Bonchev–Trinajstić information content (AvgIpc) is 2.83. The van der Waals surface area contributed by atoms with Crippen molar-refractivity contribution in [2.24, 2.45) is 11.0 Å². The maximum atomic E-state index is 12.8. The first-order valence-corrected chi connectivity index (χ1v) is 7.02. The van der Waals surface area contributed by atoms with Crippen LogP contribution in [0.3, 0.4) is 0 Å². The van der Waals surface area contributed by atoms with E-state index in [1.54, 1.807) is 0 Å². The van der Waals surface area contributed by atoms with Gasteiger partial charge in [0, 0.05) is 17.7 Å². The first-order valence-electron chi connectivity index (χ1n) is 7.02. The molecule has 3 N–H and O–H groups in total. The van der Waals surface area contributed by atoms with Gasteiger partial charge in [0.2, 0.25) is 11.8 Å². The fraction of sp³-hybridized carbons (Fsp3) is 0.267. The molecule has 0 aromatic heterocycles. The van der Waals surface area contributed by atoms with E-state index in [0.717, 1.165) is 12.3 Å². The normalized spacial score (nSPS) is 17.7. The number of nitrogens with one attached hydrogen (secondary N) is 3. The summed E-state index contributed by atoms with van der Waals surface area (Å²) in [6.07, 6.45) is -3.37. The van der Waals surface area contributed by atoms with Crippen molar-refractivity contribution in [2.75, 3.05) is 0 Å². The number of benzene rings is 1. The second-order valence-electron chi connectivity index (χ2n) is 5.11.